The lowest BCUT2D eigenvalue weighted by molar-refractivity contribution is 0.179. The molecule has 6 heteroatoms. The third-order valence-electron chi connectivity index (χ3n) is 3.51. The molecule has 2 rings (SSSR count). The number of carbonyl (C=O) groups is 1. The zero-order valence-electron chi connectivity index (χ0n) is 13.4. The summed E-state index contributed by atoms with van der Waals surface area (Å²) >= 11 is 0. The minimum Gasteiger partial charge on any atom is -0.331 e. The number of carbonyl (C=O) groups excluding carboxylic acids is 1. The second-order valence-corrected chi connectivity index (χ2v) is 5.40. The summed E-state index contributed by atoms with van der Waals surface area (Å²) in [6.07, 6.45) is 1.67. The lowest BCUT2D eigenvalue weighted by Gasteiger charge is -2.27. The first-order valence-electron chi connectivity index (χ1n) is 7.57. The van der Waals surface area contributed by atoms with Gasteiger partial charge in [-0.3, -0.25) is 0 Å². The minimum atomic E-state index is -0.0930. The van der Waals surface area contributed by atoms with Crippen molar-refractivity contribution in [3.63, 3.8) is 0 Å². The number of aryl methyl sites for hydroxylation is 1. The summed E-state index contributed by atoms with van der Waals surface area (Å²) in [7, 11) is 0. The summed E-state index contributed by atoms with van der Waals surface area (Å²) in [5.41, 5.74) is 1.11. The number of hydrogen-bond acceptors (Lipinski definition) is 3. The first-order valence-corrected chi connectivity index (χ1v) is 7.57. The van der Waals surface area contributed by atoms with Gasteiger partial charge in [-0.1, -0.05) is 30.3 Å². The molecule has 0 fully saturated rings. The monoisotopic (exact) mass is 301 g/mol. The third-order valence-corrected chi connectivity index (χ3v) is 3.51. The average Bonchev–Trinajstić information content (AvgIpc) is 2.98. The zero-order valence-corrected chi connectivity index (χ0v) is 13.4. The van der Waals surface area contributed by atoms with Crippen molar-refractivity contribution in [3.05, 3.63) is 48.0 Å². The van der Waals surface area contributed by atoms with Gasteiger partial charge in [-0.15, -0.1) is 10.2 Å². The predicted molar refractivity (Wildman–Crippen MR) is 85.1 cm³/mol. The van der Waals surface area contributed by atoms with Crippen molar-refractivity contribution in [2.75, 3.05) is 0 Å². The molecule has 0 aliphatic rings. The summed E-state index contributed by atoms with van der Waals surface area (Å²) in [5, 5.41) is 10.8. The molecule has 0 saturated carbocycles. The van der Waals surface area contributed by atoms with Gasteiger partial charge in [0, 0.05) is 19.1 Å². The largest absolute Gasteiger partial charge is 0.331 e. The van der Waals surface area contributed by atoms with Crippen molar-refractivity contribution in [2.24, 2.45) is 0 Å². The molecule has 0 aliphatic carbocycles. The summed E-state index contributed by atoms with van der Waals surface area (Å²) in [4.78, 5) is 14.2. The number of benzene rings is 1. The van der Waals surface area contributed by atoms with E-state index in [1.54, 1.807) is 6.33 Å². The fourth-order valence-corrected chi connectivity index (χ4v) is 2.21. The van der Waals surface area contributed by atoms with Gasteiger partial charge < -0.3 is 14.8 Å². The number of hydrogen-bond donors (Lipinski definition) is 1. The third kappa shape index (κ3) is 4.07. The fraction of sp³-hybridized carbons (Fsp3) is 0.438. The average molecular weight is 301 g/mol. The van der Waals surface area contributed by atoms with Gasteiger partial charge in [0.1, 0.15) is 6.33 Å². The Kier molecular flexibility index (Phi) is 5.52. The molecule has 22 heavy (non-hydrogen) atoms. The number of aromatic nitrogens is 3. The SMILES string of the molecule is CCn1cnnc1CNC(=O)N(Cc1ccccc1)C(C)C. The Labute approximate surface area is 131 Å². The van der Waals surface area contributed by atoms with Gasteiger partial charge in [-0.25, -0.2) is 4.79 Å². The van der Waals surface area contributed by atoms with Crippen LogP contribution in [0.5, 0.6) is 0 Å². The molecule has 2 amide bonds. The van der Waals surface area contributed by atoms with Crippen LogP contribution >= 0.6 is 0 Å². The van der Waals surface area contributed by atoms with Crippen molar-refractivity contribution >= 4 is 6.03 Å². The molecule has 0 unspecified atom stereocenters. The van der Waals surface area contributed by atoms with Crippen molar-refractivity contribution in [2.45, 2.75) is 46.4 Å². The Hall–Kier alpha value is -2.37. The number of nitrogens with zero attached hydrogens (tertiary/aromatic N) is 4. The van der Waals surface area contributed by atoms with Crippen LogP contribution in [0.15, 0.2) is 36.7 Å². The van der Waals surface area contributed by atoms with Crippen molar-refractivity contribution < 1.29 is 4.79 Å². The standard InChI is InChI=1S/C16H23N5O/c1-4-20-12-18-19-15(20)10-17-16(22)21(13(2)3)11-14-8-6-5-7-9-14/h5-9,12-13H,4,10-11H2,1-3H3,(H,17,22). The summed E-state index contributed by atoms with van der Waals surface area (Å²) in [5.74, 6) is 0.763. The van der Waals surface area contributed by atoms with Crippen LogP contribution in [0.3, 0.4) is 0 Å². The highest BCUT2D eigenvalue weighted by atomic mass is 16.2. The van der Waals surface area contributed by atoms with Crippen LogP contribution in [0, 0.1) is 0 Å². The molecule has 2 aromatic rings. The lowest BCUT2D eigenvalue weighted by atomic mass is 10.2. The van der Waals surface area contributed by atoms with Crippen LogP contribution in [0.1, 0.15) is 32.2 Å². The van der Waals surface area contributed by atoms with E-state index in [1.165, 1.54) is 0 Å². The number of amides is 2. The van der Waals surface area contributed by atoms with Crippen LogP contribution in [0.4, 0.5) is 4.79 Å². The van der Waals surface area contributed by atoms with E-state index in [0.717, 1.165) is 17.9 Å². The Morgan fingerprint density at radius 2 is 2.05 bits per heavy atom. The van der Waals surface area contributed by atoms with E-state index in [4.69, 9.17) is 0 Å². The van der Waals surface area contributed by atoms with Crippen LogP contribution in [-0.2, 0) is 19.6 Å². The maximum atomic E-state index is 12.4. The van der Waals surface area contributed by atoms with Gasteiger partial charge in [0.2, 0.25) is 0 Å². The molecule has 0 saturated heterocycles. The lowest BCUT2D eigenvalue weighted by Crippen LogP contribution is -2.43. The molecule has 0 atom stereocenters. The molecule has 1 aromatic heterocycles. The van der Waals surface area contributed by atoms with E-state index in [1.807, 2.05) is 60.6 Å². The molecule has 0 bridgehead atoms. The van der Waals surface area contributed by atoms with Gasteiger partial charge in [0.25, 0.3) is 0 Å². The maximum Gasteiger partial charge on any atom is 0.318 e. The van der Waals surface area contributed by atoms with Gasteiger partial charge in [0.05, 0.1) is 6.54 Å². The zero-order chi connectivity index (χ0) is 15.9. The first-order chi connectivity index (χ1) is 10.6. The summed E-state index contributed by atoms with van der Waals surface area (Å²) in [6.45, 7) is 7.80. The number of urea groups is 1. The molecular weight excluding hydrogens is 278 g/mol. The van der Waals surface area contributed by atoms with E-state index >= 15 is 0 Å². The molecule has 1 N–H and O–H groups in total. The molecule has 6 nitrogen and oxygen atoms in total. The highest BCUT2D eigenvalue weighted by molar-refractivity contribution is 5.74. The Morgan fingerprint density at radius 1 is 1.32 bits per heavy atom. The van der Waals surface area contributed by atoms with Crippen LogP contribution < -0.4 is 5.32 Å². The van der Waals surface area contributed by atoms with Gasteiger partial charge >= 0.3 is 6.03 Å². The normalized spacial score (nSPS) is 10.7. The van der Waals surface area contributed by atoms with E-state index in [-0.39, 0.29) is 12.1 Å². The van der Waals surface area contributed by atoms with Gasteiger partial charge in [0.15, 0.2) is 5.82 Å². The Bertz CT molecular complexity index is 594. The highest BCUT2D eigenvalue weighted by Crippen LogP contribution is 2.08. The van der Waals surface area contributed by atoms with Crippen molar-refractivity contribution in [3.8, 4) is 0 Å². The maximum absolute atomic E-state index is 12.4. The molecule has 1 heterocycles. The van der Waals surface area contributed by atoms with Gasteiger partial charge in [-0.05, 0) is 26.3 Å². The second kappa shape index (κ2) is 7.59. The second-order valence-electron chi connectivity index (χ2n) is 5.40. The first kappa shape index (κ1) is 16.0. The fourth-order valence-electron chi connectivity index (χ4n) is 2.21. The van der Waals surface area contributed by atoms with Crippen LogP contribution in [0.2, 0.25) is 0 Å². The van der Waals surface area contributed by atoms with Crippen LogP contribution in [0.25, 0.3) is 0 Å². The highest BCUT2D eigenvalue weighted by Gasteiger charge is 2.17. The van der Waals surface area contributed by atoms with E-state index in [0.29, 0.717) is 13.1 Å². The smallest absolute Gasteiger partial charge is 0.318 e. The molecule has 118 valence electrons. The van der Waals surface area contributed by atoms with Crippen molar-refractivity contribution in [1.82, 2.24) is 25.0 Å². The van der Waals surface area contributed by atoms with Gasteiger partial charge in [-0.2, -0.15) is 0 Å². The topological polar surface area (TPSA) is 63.1 Å². The van der Waals surface area contributed by atoms with Crippen LogP contribution in [-0.4, -0.2) is 31.7 Å². The summed E-state index contributed by atoms with van der Waals surface area (Å²) < 4.78 is 1.91. The number of rotatable bonds is 6. The summed E-state index contributed by atoms with van der Waals surface area (Å²) in [6, 6.07) is 10.0. The molecule has 0 aliphatic heterocycles. The number of nitrogens with one attached hydrogen (secondary N) is 1. The molecular formula is C16H23N5O. The molecule has 0 radical (unpaired) electrons. The van der Waals surface area contributed by atoms with Crippen molar-refractivity contribution in [1.29, 1.82) is 0 Å². The predicted octanol–water partition coefficient (Wildman–Crippen LogP) is 2.42. The van der Waals surface area contributed by atoms with E-state index in [2.05, 4.69) is 15.5 Å². The Morgan fingerprint density at radius 3 is 2.68 bits per heavy atom. The van der Waals surface area contributed by atoms with E-state index < -0.39 is 0 Å². The molecule has 0 spiro atoms. The Balaban J connectivity index is 1.98. The quantitative estimate of drug-likeness (QED) is 0.891. The minimum absolute atomic E-state index is 0.0930. The van der Waals surface area contributed by atoms with E-state index in [9.17, 15) is 4.79 Å². The molecule has 1 aromatic carbocycles.